The van der Waals surface area contributed by atoms with E-state index in [1.165, 1.54) is 19.1 Å². The van der Waals surface area contributed by atoms with Gasteiger partial charge < -0.3 is 19.1 Å². The van der Waals surface area contributed by atoms with Gasteiger partial charge in [-0.2, -0.15) is 0 Å². The largest absolute Gasteiger partial charge is 0.507 e. The lowest BCUT2D eigenvalue weighted by Gasteiger charge is -2.24. The zero-order valence-electron chi connectivity index (χ0n) is 19.3. The summed E-state index contributed by atoms with van der Waals surface area (Å²) >= 11 is 0. The molecule has 0 bridgehead atoms. The summed E-state index contributed by atoms with van der Waals surface area (Å²) in [5, 5.41) is 17.3. The molecule has 8 nitrogen and oxygen atoms in total. The van der Waals surface area contributed by atoms with E-state index in [0.717, 1.165) is 10.8 Å². The van der Waals surface area contributed by atoms with Gasteiger partial charge in [-0.25, -0.2) is 0 Å². The number of aryl methyl sites for hydroxylation is 1. The molecule has 1 N–H and O–H groups in total. The second kappa shape index (κ2) is 8.64. The van der Waals surface area contributed by atoms with Crippen LogP contribution in [0.5, 0.6) is 11.5 Å². The highest BCUT2D eigenvalue weighted by Gasteiger charge is 2.49. The summed E-state index contributed by atoms with van der Waals surface area (Å²) in [4.78, 5) is 27.9. The van der Waals surface area contributed by atoms with E-state index in [1.807, 2.05) is 30.3 Å². The lowest BCUT2D eigenvalue weighted by molar-refractivity contribution is -0.132. The average molecular weight is 470 g/mol. The van der Waals surface area contributed by atoms with Gasteiger partial charge in [-0.3, -0.25) is 14.5 Å². The first kappa shape index (κ1) is 22.2. The molecule has 0 aliphatic carbocycles. The van der Waals surface area contributed by atoms with Crippen molar-refractivity contribution in [3.8, 4) is 11.5 Å². The molecule has 1 saturated heterocycles. The van der Waals surface area contributed by atoms with Crippen molar-refractivity contribution in [2.45, 2.75) is 13.0 Å². The van der Waals surface area contributed by atoms with E-state index in [9.17, 15) is 14.7 Å². The van der Waals surface area contributed by atoms with Crippen LogP contribution in [0.2, 0.25) is 0 Å². The molecule has 2 heterocycles. The molecule has 0 spiro atoms. The minimum absolute atomic E-state index is 0.0857. The second-order valence-corrected chi connectivity index (χ2v) is 8.13. The van der Waals surface area contributed by atoms with Gasteiger partial charge in [0.25, 0.3) is 5.78 Å². The van der Waals surface area contributed by atoms with Gasteiger partial charge >= 0.3 is 5.91 Å². The van der Waals surface area contributed by atoms with E-state index in [-0.39, 0.29) is 17.2 Å². The van der Waals surface area contributed by atoms with Crippen LogP contribution in [-0.2, 0) is 9.59 Å². The van der Waals surface area contributed by atoms with Gasteiger partial charge in [0.2, 0.25) is 0 Å². The molecule has 1 aliphatic heterocycles. The summed E-state index contributed by atoms with van der Waals surface area (Å²) in [7, 11) is 3.00. The van der Waals surface area contributed by atoms with E-state index in [0.29, 0.717) is 28.4 Å². The van der Waals surface area contributed by atoms with Crippen LogP contribution >= 0.6 is 0 Å². The predicted octanol–water partition coefficient (Wildman–Crippen LogP) is 4.78. The number of aliphatic hydroxyl groups excluding tert-OH is 1. The van der Waals surface area contributed by atoms with Crippen molar-refractivity contribution in [3.05, 3.63) is 89.2 Å². The van der Waals surface area contributed by atoms with Crippen LogP contribution in [0.1, 0.15) is 22.9 Å². The number of aromatic nitrogens is 1. The molecule has 4 aromatic rings. The number of amides is 1. The number of Topliss-reactive ketones (excluding diaryl/α,β-unsaturated/α-hetero) is 1. The Labute approximate surface area is 201 Å². The number of rotatable bonds is 5. The number of hydrogen-bond donors (Lipinski definition) is 1. The Kier molecular flexibility index (Phi) is 5.49. The summed E-state index contributed by atoms with van der Waals surface area (Å²) in [5.74, 6) is -0.459. The molecule has 1 amide bonds. The summed E-state index contributed by atoms with van der Waals surface area (Å²) in [6, 6.07) is 18.6. The summed E-state index contributed by atoms with van der Waals surface area (Å²) in [5.41, 5.74) is 0.774. The van der Waals surface area contributed by atoms with Crippen LogP contribution in [0.15, 0.2) is 76.8 Å². The fourth-order valence-electron chi connectivity index (χ4n) is 4.38. The number of benzene rings is 3. The molecule has 35 heavy (non-hydrogen) atoms. The van der Waals surface area contributed by atoms with Gasteiger partial charge in [-0.05, 0) is 42.0 Å². The zero-order valence-corrected chi connectivity index (χ0v) is 19.3. The zero-order chi connectivity index (χ0) is 24.7. The van der Waals surface area contributed by atoms with E-state index in [1.54, 1.807) is 43.3 Å². The highest BCUT2D eigenvalue weighted by Crippen LogP contribution is 2.45. The molecule has 5 rings (SSSR count). The van der Waals surface area contributed by atoms with Crippen molar-refractivity contribution in [1.29, 1.82) is 0 Å². The van der Waals surface area contributed by atoms with Crippen LogP contribution < -0.4 is 14.4 Å². The Morgan fingerprint density at radius 3 is 2.43 bits per heavy atom. The van der Waals surface area contributed by atoms with Crippen LogP contribution in [-0.4, -0.2) is 36.2 Å². The number of fused-ring (bicyclic) bond motifs is 1. The highest BCUT2D eigenvalue weighted by molar-refractivity contribution is 6.51. The molecule has 1 aromatic heterocycles. The predicted molar refractivity (Wildman–Crippen MR) is 130 cm³/mol. The normalized spacial score (nSPS) is 17.2. The molecule has 176 valence electrons. The highest BCUT2D eigenvalue weighted by atomic mass is 16.5. The third-order valence-electron chi connectivity index (χ3n) is 6.06. The van der Waals surface area contributed by atoms with Crippen molar-refractivity contribution in [2.24, 2.45) is 0 Å². The minimum Gasteiger partial charge on any atom is -0.507 e. The number of carbonyl (C=O) groups excluding carboxylic acids is 2. The van der Waals surface area contributed by atoms with Gasteiger partial charge in [0, 0.05) is 17.2 Å². The van der Waals surface area contributed by atoms with Gasteiger partial charge in [0.15, 0.2) is 5.82 Å². The molecule has 1 aliphatic rings. The van der Waals surface area contributed by atoms with Gasteiger partial charge in [0.05, 0.1) is 19.8 Å². The van der Waals surface area contributed by atoms with Crippen LogP contribution in [0, 0.1) is 6.92 Å². The lowest BCUT2D eigenvalue weighted by Crippen LogP contribution is -2.30. The Morgan fingerprint density at radius 2 is 1.74 bits per heavy atom. The topological polar surface area (TPSA) is 102 Å². The molecular formula is C27H22N2O6. The van der Waals surface area contributed by atoms with Crippen molar-refractivity contribution < 1.29 is 28.7 Å². The maximum absolute atomic E-state index is 13.4. The molecule has 0 radical (unpaired) electrons. The third-order valence-corrected chi connectivity index (χ3v) is 6.06. The number of carbonyl (C=O) groups is 2. The number of anilines is 1. The van der Waals surface area contributed by atoms with E-state index in [2.05, 4.69) is 5.16 Å². The van der Waals surface area contributed by atoms with Gasteiger partial charge in [-0.1, -0.05) is 41.6 Å². The molecule has 1 fully saturated rings. The number of hydrogen-bond acceptors (Lipinski definition) is 7. The minimum atomic E-state index is -1.03. The summed E-state index contributed by atoms with van der Waals surface area (Å²) in [6.45, 7) is 1.68. The SMILES string of the molecule is COc1ccc(OC)c([C@@H]2C(=C(O)c3ccc4ccccc4c3)C(=O)C(=O)N2c2cc(C)on2)c1. The molecule has 0 unspecified atom stereocenters. The molecule has 0 saturated carbocycles. The second-order valence-electron chi connectivity index (χ2n) is 8.13. The Balaban J connectivity index is 1.78. The summed E-state index contributed by atoms with van der Waals surface area (Å²) in [6.07, 6.45) is 0. The first-order valence-electron chi connectivity index (χ1n) is 10.9. The fourth-order valence-corrected chi connectivity index (χ4v) is 4.38. The number of ketones is 1. The molecule has 8 heteroatoms. The number of nitrogens with zero attached hydrogens (tertiary/aromatic N) is 2. The smallest absolute Gasteiger partial charge is 0.301 e. The number of ether oxygens (including phenoxy) is 2. The van der Waals surface area contributed by atoms with Crippen LogP contribution in [0.25, 0.3) is 16.5 Å². The van der Waals surface area contributed by atoms with Crippen LogP contribution in [0.4, 0.5) is 5.82 Å². The molecule has 1 atom stereocenters. The van der Waals surface area contributed by atoms with E-state index >= 15 is 0 Å². The fraction of sp³-hybridized carbons (Fsp3) is 0.148. The van der Waals surface area contributed by atoms with Crippen LogP contribution in [0.3, 0.4) is 0 Å². The number of methoxy groups -OCH3 is 2. The standard InChI is InChI=1S/C27H22N2O6/c1-15-12-22(28-35-15)29-24(20-14-19(33-2)10-11-21(20)34-3)23(26(31)27(29)32)25(30)18-9-8-16-6-4-5-7-17(16)13-18/h4-14,24,30H,1-3H3/t24-/m1/s1. The Morgan fingerprint density at radius 1 is 0.971 bits per heavy atom. The first-order valence-corrected chi connectivity index (χ1v) is 10.9. The maximum Gasteiger partial charge on any atom is 0.301 e. The quantitative estimate of drug-likeness (QED) is 0.254. The van der Waals surface area contributed by atoms with E-state index in [4.69, 9.17) is 14.0 Å². The third kappa shape index (κ3) is 3.69. The van der Waals surface area contributed by atoms with Crippen molar-refractivity contribution in [3.63, 3.8) is 0 Å². The molecule has 3 aromatic carbocycles. The first-order chi connectivity index (χ1) is 16.9. The van der Waals surface area contributed by atoms with Gasteiger partial charge in [0.1, 0.15) is 29.1 Å². The lowest BCUT2D eigenvalue weighted by atomic mass is 9.93. The Bertz CT molecular complexity index is 1500. The van der Waals surface area contributed by atoms with Crippen molar-refractivity contribution >= 4 is 34.0 Å². The van der Waals surface area contributed by atoms with Gasteiger partial charge in [-0.15, -0.1) is 0 Å². The summed E-state index contributed by atoms with van der Waals surface area (Å²) < 4.78 is 16.1. The monoisotopic (exact) mass is 470 g/mol. The maximum atomic E-state index is 13.4. The van der Waals surface area contributed by atoms with Crippen molar-refractivity contribution in [1.82, 2.24) is 5.16 Å². The van der Waals surface area contributed by atoms with E-state index < -0.39 is 17.7 Å². The number of aliphatic hydroxyl groups is 1. The Hall–Kier alpha value is -4.59. The average Bonchev–Trinajstić information content (AvgIpc) is 3.42. The molecular weight excluding hydrogens is 448 g/mol. The van der Waals surface area contributed by atoms with Crippen molar-refractivity contribution in [2.75, 3.05) is 19.1 Å².